The highest BCUT2D eigenvalue weighted by atomic mass is 31.2. The highest BCUT2D eigenvalue weighted by Gasteiger charge is 2.55. The molecular formula is C32H28N3OP. The molecule has 1 aliphatic heterocycles. The lowest BCUT2D eigenvalue weighted by atomic mass is 9.83. The van der Waals surface area contributed by atoms with E-state index in [1.165, 1.54) is 0 Å². The summed E-state index contributed by atoms with van der Waals surface area (Å²) in [7, 11) is -3.31. The van der Waals surface area contributed by atoms with Gasteiger partial charge in [0.15, 0.2) is 0 Å². The molecule has 1 unspecified atom stereocenters. The summed E-state index contributed by atoms with van der Waals surface area (Å²) in [6.45, 7) is 0. The van der Waals surface area contributed by atoms with Crippen molar-refractivity contribution >= 4 is 29.5 Å². The first kappa shape index (κ1) is 23.1. The maximum Gasteiger partial charge on any atom is 0.138 e. The van der Waals surface area contributed by atoms with Crippen LogP contribution < -0.4 is 22.5 Å². The Hall–Kier alpha value is -4.27. The van der Waals surface area contributed by atoms with Crippen molar-refractivity contribution < 1.29 is 4.57 Å². The second-order valence-electron chi connectivity index (χ2n) is 9.65. The second kappa shape index (κ2) is 8.69. The summed E-state index contributed by atoms with van der Waals surface area (Å²) < 4.78 is 16.2. The largest absolute Gasteiger partial charge is 0.399 e. The molecule has 0 aromatic heterocycles. The normalized spacial score (nSPS) is 16.5. The Morgan fingerprint density at radius 3 is 1.41 bits per heavy atom. The van der Waals surface area contributed by atoms with Crippen LogP contribution in [0.25, 0.3) is 11.1 Å². The summed E-state index contributed by atoms with van der Waals surface area (Å²) in [5.41, 5.74) is 26.3. The topological polar surface area (TPSA) is 95.1 Å². The molecule has 37 heavy (non-hydrogen) atoms. The SMILES string of the molecule is Nc1ccc(C(c2ccc(N)cc2)(c2ccc(N)cc2)P2(=O)Cc3ccccc3-c3ccccc32)cc1. The van der Waals surface area contributed by atoms with E-state index in [2.05, 4.69) is 18.2 Å². The van der Waals surface area contributed by atoms with E-state index in [9.17, 15) is 0 Å². The molecule has 1 heterocycles. The van der Waals surface area contributed by atoms with E-state index in [0.29, 0.717) is 23.2 Å². The van der Waals surface area contributed by atoms with E-state index in [-0.39, 0.29) is 0 Å². The molecule has 6 rings (SSSR count). The van der Waals surface area contributed by atoms with Gasteiger partial charge in [-0.3, -0.25) is 0 Å². The van der Waals surface area contributed by atoms with Crippen LogP contribution in [0.2, 0.25) is 0 Å². The average molecular weight is 502 g/mol. The van der Waals surface area contributed by atoms with Gasteiger partial charge in [0, 0.05) is 28.5 Å². The molecule has 6 N–H and O–H groups in total. The van der Waals surface area contributed by atoms with E-state index in [0.717, 1.165) is 38.7 Å². The molecule has 0 fully saturated rings. The monoisotopic (exact) mass is 501 g/mol. The van der Waals surface area contributed by atoms with Crippen LogP contribution in [0.1, 0.15) is 22.3 Å². The number of nitrogen functional groups attached to an aromatic ring is 3. The van der Waals surface area contributed by atoms with Gasteiger partial charge in [-0.25, -0.2) is 0 Å². The summed E-state index contributed by atoms with van der Waals surface area (Å²) in [5, 5.41) is -0.134. The van der Waals surface area contributed by atoms with Crippen LogP contribution in [0.5, 0.6) is 0 Å². The van der Waals surface area contributed by atoms with Gasteiger partial charge < -0.3 is 21.8 Å². The zero-order valence-corrected chi connectivity index (χ0v) is 21.2. The molecule has 0 amide bonds. The molecule has 1 aliphatic rings. The number of benzene rings is 5. The summed E-state index contributed by atoms with van der Waals surface area (Å²) in [5.74, 6) is 0. The molecule has 0 saturated carbocycles. The molecule has 0 aliphatic carbocycles. The van der Waals surface area contributed by atoms with Gasteiger partial charge in [0.25, 0.3) is 0 Å². The van der Waals surface area contributed by atoms with Crippen LogP contribution in [0.3, 0.4) is 0 Å². The standard InChI is InChI=1S/C32H28N3OP/c33-26-15-9-23(10-16-26)32(24-11-17-27(34)18-12-24,25-13-19-28(35)20-14-25)37(36)21-22-5-1-2-6-29(22)30-7-3-4-8-31(30)37/h1-20H,21,33-35H2. The summed E-state index contributed by atoms with van der Waals surface area (Å²) in [6.07, 6.45) is 0.416. The Morgan fingerprint density at radius 1 is 0.514 bits per heavy atom. The molecule has 4 nitrogen and oxygen atoms in total. The van der Waals surface area contributed by atoms with Crippen LogP contribution in [-0.4, -0.2) is 0 Å². The van der Waals surface area contributed by atoms with Gasteiger partial charge in [-0.15, -0.1) is 0 Å². The van der Waals surface area contributed by atoms with Crippen molar-refractivity contribution in [2.75, 3.05) is 17.2 Å². The highest BCUT2D eigenvalue weighted by molar-refractivity contribution is 7.73. The summed E-state index contributed by atoms with van der Waals surface area (Å²) >= 11 is 0. The first-order valence-corrected chi connectivity index (χ1v) is 14.2. The third-order valence-electron chi connectivity index (χ3n) is 7.52. The maximum atomic E-state index is 16.2. The van der Waals surface area contributed by atoms with E-state index >= 15 is 4.57 Å². The van der Waals surface area contributed by atoms with Crippen molar-refractivity contribution in [2.24, 2.45) is 0 Å². The molecule has 5 aromatic carbocycles. The van der Waals surface area contributed by atoms with Gasteiger partial charge in [0.05, 0.1) is 0 Å². The van der Waals surface area contributed by atoms with E-state index in [1.54, 1.807) is 0 Å². The fourth-order valence-electron chi connectivity index (χ4n) is 5.86. The number of hydrogen-bond acceptors (Lipinski definition) is 4. The van der Waals surface area contributed by atoms with E-state index in [4.69, 9.17) is 17.2 Å². The van der Waals surface area contributed by atoms with Crippen molar-refractivity contribution in [1.29, 1.82) is 0 Å². The lowest BCUT2D eigenvalue weighted by Crippen LogP contribution is -2.36. The van der Waals surface area contributed by atoms with Crippen molar-refractivity contribution in [2.45, 2.75) is 11.3 Å². The van der Waals surface area contributed by atoms with Gasteiger partial charge in [-0.2, -0.15) is 0 Å². The molecule has 0 radical (unpaired) electrons. The lowest BCUT2D eigenvalue weighted by Gasteiger charge is -2.45. The van der Waals surface area contributed by atoms with Crippen molar-refractivity contribution in [1.82, 2.24) is 0 Å². The van der Waals surface area contributed by atoms with Crippen LogP contribution in [0, 0.1) is 0 Å². The molecular weight excluding hydrogens is 473 g/mol. The zero-order chi connectivity index (χ0) is 25.6. The van der Waals surface area contributed by atoms with Gasteiger partial charge in [-0.1, -0.05) is 84.9 Å². The number of rotatable bonds is 4. The van der Waals surface area contributed by atoms with Gasteiger partial charge in [0.1, 0.15) is 12.3 Å². The molecule has 5 heteroatoms. The third kappa shape index (κ3) is 3.48. The Kier molecular flexibility index (Phi) is 5.43. The molecule has 0 spiro atoms. The third-order valence-corrected chi connectivity index (χ3v) is 11.3. The molecule has 182 valence electrons. The minimum atomic E-state index is -3.31. The lowest BCUT2D eigenvalue weighted by molar-refractivity contribution is 0.563. The van der Waals surface area contributed by atoms with Crippen molar-refractivity contribution in [3.63, 3.8) is 0 Å². The number of anilines is 3. The average Bonchev–Trinajstić information content (AvgIpc) is 2.92. The Balaban J connectivity index is 1.79. The Morgan fingerprint density at radius 2 is 0.919 bits per heavy atom. The zero-order valence-electron chi connectivity index (χ0n) is 20.3. The first-order valence-electron chi connectivity index (χ1n) is 12.3. The number of fused-ring (bicyclic) bond motifs is 3. The van der Waals surface area contributed by atoms with Crippen LogP contribution in [-0.2, 0) is 15.9 Å². The second-order valence-corrected chi connectivity index (χ2v) is 12.6. The fraction of sp³-hybridized carbons (Fsp3) is 0.0625. The predicted octanol–water partition coefficient (Wildman–Crippen LogP) is 6.59. The Bertz CT molecular complexity index is 1530. The van der Waals surface area contributed by atoms with E-state index in [1.807, 2.05) is 103 Å². The predicted molar refractivity (Wildman–Crippen MR) is 155 cm³/mol. The summed E-state index contributed by atoms with van der Waals surface area (Å²) in [6, 6.07) is 39.7. The maximum absolute atomic E-state index is 16.2. The molecule has 1 atom stereocenters. The van der Waals surface area contributed by atoms with E-state index < -0.39 is 12.3 Å². The van der Waals surface area contributed by atoms with Crippen molar-refractivity contribution in [3.8, 4) is 11.1 Å². The van der Waals surface area contributed by atoms with Crippen LogP contribution >= 0.6 is 7.14 Å². The minimum Gasteiger partial charge on any atom is -0.399 e. The highest BCUT2D eigenvalue weighted by Crippen LogP contribution is 2.72. The Labute approximate surface area is 217 Å². The quantitative estimate of drug-likeness (QED) is 0.147. The number of nitrogens with two attached hydrogens (primary N) is 3. The smallest absolute Gasteiger partial charge is 0.138 e. The molecule has 0 saturated heterocycles. The van der Waals surface area contributed by atoms with Crippen LogP contribution in [0.15, 0.2) is 121 Å². The fourth-order valence-corrected chi connectivity index (χ4v) is 9.99. The molecule has 5 aromatic rings. The first-order chi connectivity index (χ1) is 17.9. The van der Waals surface area contributed by atoms with Gasteiger partial charge >= 0.3 is 0 Å². The van der Waals surface area contributed by atoms with Crippen LogP contribution in [0.4, 0.5) is 17.1 Å². The minimum absolute atomic E-state index is 0.416. The number of hydrogen-bond donors (Lipinski definition) is 3. The van der Waals surface area contributed by atoms with Gasteiger partial charge in [0.2, 0.25) is 0 Å². The van der Waals surface area contributed by atoms with Crippen molar-refractivity contribution in [3.05, 3.63) is 144 Å². The summed E-state index contributed by atoms with van der Waals surface area (Å²) in [4.78, 5) is 0. The van der Waals surface area contributed by atoms with Gasteiger partial charge in [-0.05, 0) is 69.8 Å². The molecule has 0 bridgehead atoms.